The van der Waals surface area contributed by atoms with Gasteiger partial charge in [-0.1, -0.05) is 12.1 Å². The van der Waals surface area contributed by atoms with E-state index in [1.165, 1.54) is 6.07 Å². The third kappa shape index (κ3) is 5.68. The van der Waals surface area contributed by atoms with Crippen LogP contribution in [-0.2, 0) is 11.2 Å². The van der Waals surface area contributed by atoms with Crippen LogP contribution in [0.2, 0.25) is 0 Å². The fraction of sp³-hybridized carbons (Fsp3) is 0.381. The van der Waals surface area contributed by atoms with E-state index in [2.05, 4.69) is 5.32 Å². The van der Waals surface area contributed by atoms with Gasteiger partial charge in [0, 0.05) is 12.5 Å². The first-order valence-corrected chi connectivity index (χ1v) is 9.33. The van der Waals surface area contributed by atoms with Crippen LogP contribution in [0.15, 0.2) is 30.3 Å². The maximum absolute atomic E-state index is 12.5. The number of nitrogens with zero attached hydrogens (tertiary/aromatic N) is 1. The van der Waals surface area contributed by atoms with Crippen LogP contribution in [0.5, 0.6) is 11.5 Å². The molecule has 1 amide bonds. The van der Waals surface area contributed by atoms with E-state index >= 15 is 0 Å². The molecular formula is C21H28N3O5+. The van der Waals surface area contributed by atoms with Crippen molar-refractivity contribution in [1.29, 1.82) is 0 Å². The summed E-state index contributed by atoms with van der Waals surface area (Å²) in [5.41, 5.74) is 2.85. The van der Waals surface area contributed by atoms with Crippen LogP contribution in [0.4, 0.5) is 11.4 Å². The van der Waals surface area contributed by atoms with E-state index in [0.29, 0.717) is 17.1 Å². The molecule has 0 radical (unpaired) electrons. The van der Waals surface area contributed by atoms with Crippen molar-refractivity contribution in [2.45, 2.75) is 20.3 Å². The van der Waals surface area contributed by atoms with Crippen LogP contribution < -0.4 is 19.7 Å². The first-order valence-electron chi connectivity index (χ1n) is 9.33. The number of amides is 1. The summed E-state index contributed by atoms with van der Waals surface area (Å²) in [4.78, 5) is 24.3. The number of nitro benzene ring substituents is 1. The van der Waals surface area contributed by atoms with Gasteiger partial charge in [-0.2, -0.15) is 0 Å². The monoisotopic (exact) mass is 402 g/mol. The van der Waals surface area contributed by atoms with Gasteiger partial charge >= 0.3 is 0 Å². The number of hydrogen-bond acceptors (Lipinski definition) is 5. The number of benzene rings is 2. The summed E-state index contributed by atoms with van der Waals surface area (Å²) in [6.07, 6.45) is 0.753. The number of carbonyl (C=O) groups excluding carboxylic acids is 1. The molecule has 2 N–H and O–H groups in total. The van der Waals surface area contributed by atoms with Gasteiger partial charge in [0.2, 0.25) is 0 Å². The summed E-state index contributed by atoms with van der Waals surface area (Å²) in [5, 5.41) is 14.0. The van der Waals surface area contributed by atoms with Crippen molar-refractivity contribution in [3.05, 3.63) is 57.1 Å². The fourth-order valence-corrected chi connectivity index (χ4v) is 3.05. The molecule has 0 saturated carbocycles. The van der Waals surface area contributed by atoms with E-state index < -0.39 is 4.92 Å². The lowest BCUT2D eigenvalue weighted by molar-refractivity contribution is -0.870. The smallest absolute Gasteiger partial charge is 0.293 e. The third-order valence-corrected chi connectivity index (χ3v) is 4.93. The minimum absolute atomic E-state index is 0.0931. The molecule has 0 fully saturated rings. The highest BCUT2D eigenvalue weighted by atomic mass is 16.6. The molecule has 2 aromatic carbocycles. The Morgan fingerprint density at radius 3 is 2.45 bits per heavy atom. The standard InChI is InChI=1S/C21H27N3O5/c1-14-6-8-17(24(26)27)21(15(14)2)22-20(25)13-23(3)11-10-16-7-9-18(28-4)19(12-16)29-5/h6-9,12H,10-11,13H2,1-5H3,(H,22,25)/p+1. The molecule has 0 aliphatic heterocycles. The second-order valence-electron chi connectivity index (χ2n) is 7.03. The summed E-state index contributed by atoms with van der Waals surface area (Å²) in [6.45, 7) is 4.55. The third-order valence-electron chi connectivity index (χ3n) is 4.93. The Bertz CT molecular complexity index is 898. The first-order chi connectivity index (χ1) is 13.8. The van der Waals surface area contributed by atoms with E-state index in [1.54, 1.807) is 27.2 Å². The van der Waals surface area contributed by atoms with Crippen LogP contribution >= 0.6 is 0 Å². The predicted octanol–water partition coefficient (Wildman–Crippen LogP) is 1.92. The fourth-order valence-electron chi connectivity index (χ4n) is 3.05. The van der Waals surface area contributed by atoms with Crippen molar-refractivity contribution in [3.63, 3.8) is 0 Å². The number of aryl methyl sites for hydroxylation is 1. The van der Waals surface area contributed by atoms with Gasteiger partial charge in [0.25, 0.3) is 11.6 Å². The highest BCUT2D eigenvalue weighted by Gasteiger charge is 2.21. The average Bonchev–Trinajstić information content (AvgIpc) is 2.69. The zero-order chi connectivity index (χ0) is 21.6. The van der Waals surface area contributed by atoms with Crippen molar-refractivity contribution in [3.8, 4) is 11.5 Å². The minimum atomic E-state index is -0.476. The van der Waals surface area contributed by atoms with Crippen LogP contribution in [0.1, 0.15) is 16.7 Å². The van der Waals surface area contributed by atoms with E-state index in [1.807, 2.05) is 32.2 Å². The Kier molecular flexibility index (Phi) is 7.55. The SMILES string of the molecule is COc1ccc(CC[NH+](C)CC(=O)Nc2c([N+](=O)[O-])ccc(C)c2C)cc1OC. The number of nitrogens with one attached hydrogen (secondary N) is 2. The lowest BCUT2D eigenvalue weighted by Crippen LogP contribution is -3.10. The second kappa shape index (κ2) is 9.88. The van der Waals surface area contributed by atoms with Gasteiger partial charge in [-0.3, -0.25) is 14.9 Å². The Balaban J connectivity index is 1.98. The number of anilines is 1. The number of likely N-dealkylation sites (N-methyl/N-ethyl adjacent to an activating group) is 1. The predicted molar refractivity (Wildman–Crippen MR) is 111 cm³/mol. The molecule has 0 heterocycles. The molecule has 2 aromatic rings. The first kappa shape index (κ1) is 22.2. The molecule has 29 heavy (non-hydrogen) atoms. The van der Waals surface area contributed by atoms with Gasteiger partial charge in [-0.05, 0) is 42.7 Å². The number of ether oxygens (including phenoxy) is 2. The van der Waals surface area contributed by atoms with E-state index in [9.17, 15) is 14.9 Å². The van der Waals surface area contributed by atoms with Gasteiger partial charge < -0.3 is 19.7 Å². The second-order valence-corrected chi connectivity index (χ2v) is 7.03. The normalized spacial score (nSPS) is 11.6. The lowest BCUT2D eigenvalue weighted by Gasteiger charge is -2.16. The summed E-state index contributed by atoms with van der Waals surface area (Å²) in [5.74, 6) is 1.08. The van der Waals surface area contributed by atoms with Crippen molar-refractivity contribution in [2.75, 3.05) is 39.7 Å². The average molecular weight is 402 g/mol. The zero-order valence-electron chi connectivity index (χ0n) is 17.5. The zero-order valence-corrected chi connectivity index (χ0v) is 17.5. The minimum Gasteiger partial charge on any atom is -0.493 e. The van der Waals surface area contributed by atoms with Gasteiger partial charge in [-0.15, -0.1) is 0 Å². The molecule has 2 rings (SSSR count). The van der Waals surface area contributed by atoms with Gasteiger partial charge in [-0.25, -0.2) is 0 Å². The van der Waals surface area contributed by atoms with Crippen LogP contribution in [0.25, 0.3) is 0 Å². The molecule has 0 bridgehead atoms. The number of methoxy groups -OCH3 is 2. The van der Waals surface area contributed by atoms with Gasteiger partial charge in [0.1, 0.15) is 5.69 Å². The molecule has 1 unspecified atom stereocenters. The molecule has 1 atom stereocenters. The van der Waals surface area contributed by atoms with Crippen LogP contribution in [0.3, 0.4) is 0 Å². The topological polar surface area (TPSA) is 95.1 Å². The largest absolute Gasteiger partial charge is 0.493 e. The van der Waals surface area contributed by atoms with Crippen molar-refractivity contribution in [1.82, 2.24) is 0 Å². The highest BCUT2D eigenvalue weighted by molar-refractivity contribution is 5.95. The molecule has 156 valence electrons. The number of nitro groups is 1. The molecular weight excluding hydrogens is 374 g/mol. The lowest BCUT2D eigenvalue weighted by atomic mass is 10.1. The van der Waals surface area contributed by atoms with E-state index in [0.717, 1.165) is 29.0 Å². The molecule has 0 saturated heterocycles. The van der Waals surface area contributed by atoms with Crippen LogP contribution in [0, 0.1) is 24.0 Å². The summed E-state index contributed by atoms with van der Waals surface area (Å²) in [6, 6.07) is 8.85. The Morgan fingerprint density at radius 1 is 1.14 bits per heavy atom. The molecule has 0 aliphatic carbocycles. The molecule has 0 aliphatic rings. The number of rotatable bonds is 9. The maximum Gasteiger partial charge on any atom is 0.293 e. The maximum atomic E-state index is 12.5. The van der Waals surface area contributed by atoms with Gasteiger partial charge in [0.05, 0.1) is 32.7 Å². The summed E-state index contributed by atoms with van der Waals surface area (Å²) in [7, 11) is 5.10. The Morgan fingerprint density at radius 2 is 1.83 bits per heavy atom. The number of hydrogen-bond donors (Lipinski definition) is 2. The van der Waals surface area contributed by atoms with E-state index in [-0.39, 0.29) is 23.8 Å². The van der Waals surface area contributed by atoms with Gasteiger partial charge in [0.15, 0.2) is 18.0 Å². The summed E-state index contributed by atoms with van der Waals surface area (Å²) < 4.78 is 10.6. The highest BCUT2D eigenvalue weighted by Crippen LogP contribution is 2.30. The summed E-state index contributed by atoms with van der Waals surface area (Å²) >= 11 is 0. The Labute approximate surface area is 170 Å². The molecule has 0 aromatic heterocycles. The van der Waals surface area contributed by atoms with Crippen molar-refractivity contribution in [2.24, 2.45) is 0 Å². The molecule has 8 nitrogen and oxygen atoms in total. The molecule has 0 spiro atoms. The number of carbonyl (C=O) groups is 1. The van der Waals surface area contributed by atoms with Crippen molar-refractivity contribution < 1.29 is 24.1 Å². The van der Waals surface area contributed by atoms with Crippen LogP contribution in [-0.4, -0.2) is 45.2 Å². The number of quaternary nitrogens is 1. The quantitative estimate of drug-likeness (QED) is 0.494. The molecule has 8 heteroatoms. The van der Waals surface area contributed by atoms with Crippen molar-refractivity contribution >= 4 is 17.3 Å². The Hall–Kier alpha value is -3.13. The van der Waals surface area contributed by atoms with E-state index in [4.69, 9.17) is 9.47 Å².